The van der Waals surface area contributed by atoms with E-state index in [0.29, 0.717) is 12.4 Å². The van der Waals surface area contributed by atoms with E-state index in [1.165, 1.54) is 11.1 Å². The molecule has 2 heterocycles. The van der Waals surface area contributed by atoms with Crippen LogP contribution >= 0.6 is 0 Å². The summed E-state index contributed by atoms with van der Waals surface area (Å²) in [4.78, 5) is 19.5. The van der Waals surface area contributed by atoms with Gasteiger partial charge in [0, 0.05) is 12.2 Å². The number of fused-ring (bicyclic) bond motifs is 1. The highest BCUT2D eigenvalue weighted by atomic mass is 16.4. The Morgan fingerprint density at radius 2 is 1.87 bits per heavy atom. The van der Waals surface area contributed by atoms with E-state index in [1.807, 2.05) is 54.3 Å². The summed E-state index contributed by atoms with van der Waals surface area (Å²) in [6, 6.07) is 22.0. The van der Waals surface area contributed by atoms with Gasteiger partial charge < -0.3 is 14.6 Å². The van der Waals surface area contributed by atoms with E-state index in [0.717, 1.165) is 40.8 Å². The van der Waals surface area contributed by atoms with Crippen molar-refractivity contribution < 1.29 is 9.21 Å². The SMILES string of the molecule is Cc1ccc(NC(=O)N2CCC[C@H]2c2nc3cc(-c4ccccc4C)ccc3o2)cc1. The Kier molecular flexibility index (Phi) is 4.94. The van der Waals surface area contributed by atoms with Crippen LogP contribution in [0.2, 0.25) is 0 Å². The van der Waals surface area contributed by atoms with E-state index in [9.17, 15) is 4.79 Å². The number of aryl methyl sites for hydroxylation is 2. The Morgan fingerprint density at radius 1 is 1.06 bits per heavy atom. The number of carbonyl (C=O) groups is 1. The molecule has 1 aliphatic heterocycles. The summed E-state index contributed by atoms with van der Waals surface area (Å²) in [6.45, 7) is 4.83. The molecule has 1 aliphatic rings. The molecule has 0 saturated carbocycles. The maximum Gasteiger partial charge on any atom is 0.322 e. The van der Waals surface area contributed by atoms with Crippen molar-refractivity contribution in [1.82, 2.24) is 9.88 Å². The van der Waals surface area contributed by atoms with Crippen LogP contribution in [0.3, 0.4) is 0 Å². The first-order valence-electron chi connectivity index (χ1n) is 10.7. The maximum atomic E-state index is 12.9. The molecule has 4 aromatic rings. The topological polar surface area (TPSA) is 58.4 Å². The molecule has 1 N–H and O–H groups in total. The van der Waals surface area contributed by atoms with Gasteiger partial charge in [-0.05, 0) is 67.6 Å². The number of amides is 2. The molecule has 5 heteroatoms. The first-order chi connectivity index (χ1) is 15.1. The second-order valence-electron chi connectivity index (χ2n) is 8.20. The van der Waals surface area contributed by atoms with Crippen LogP contribution in [0, 0.1) is 13.8 Å². The fourth-order valence-electron chi connectivity index (χ4n) is 4.25. The predicted octanol–water partition coefficient (Wildman–Crippen LogP) is 6.48. The Balaban J connectivity index is 1.40. The molecule has 31 heavy (non-hydrogen) atoms. The van der Waals surface area contributed by atoms with Crippen LogP contribution in [-0.4, -0.2) is 22.5 Å². The number of anilines is 1. The number of aromatic nitrogens is 1. The summed E-state index contributed by atoms with van der Waals surface area (Å²) in [5.74, 6) is 0.605. The second kappa shape index (κ2) is 7.91. The molecule has 2 amide bonds. The lowest BCUT2D eigenvalue weighted by Crippen LogP contribution is -2.34. The molecule has 0 aliphatic carbocycles. The number of carbonyl (C=O) groups excluding carboxylic acids is 1. The van der Waals surface area contributed by atoms with E-state index in [4.69, 9.17) is 9.40 Å². The lowest BCUT2D eigenvalue weighted by Gasteiger charge is -2.22. The number of likely N-dealkylation sites (tertiary alicyclic amines) is 1. The number of hydrogen-bond donors (Lipinski definition) is 1. The largest absolute Gasteiger partial charge is 0.438 e. The van der Waals surface area contributed by atoms with Crippen molar-refractivity contribution in [2.45, 2.75) is 32.7 Å². The quantitative estimate of drug-likeness (QED) is 0.420. The van der Waals surface area contributed by atoms with Crippen LogP contribution in [0.1, 0.15) is 35.9 Å². The van der Waals surface area contributed by atoms with Crippen LogP contribution in [0.15, 0.2) is 71.1 Å². The highest BCUT2D eigenvalue weighted by Crippen LogP contribution is 2.35. The summed E-state index contributed by atoms with van der Waals surface area (Å²) < 4.78 is 6.09. The van der Waals surface area contributed by atoms with E-state index >= 15 is 0 Å². The average molecular weight is 412 g/mol. The fourth-order valence-corrected chi connectivity index (χ4v) is 4.25. The fraction of sp³-hybridized carbons (Fsp3) is 0.231. The number of benzene rings is 3. The number of nitrogens with zero attached hydrogens (tertiary/aromatic N) is 2. The first-order valence-corrected chi connectivity index (χ1v) is 10.7. The second-order valence-corrected chi connectivity index (χ2v) is 8.20. The van der Waals surface area contributed by atoms with Gasteiger partial charge in [-0.3, -0.25) is 0 Å². The van der Waals surface area contributed by atoms with Gasteiger partial charge in [0.25, 0.3) is 0 Å². The minimum absolute atomic E-state index is 0.116. The molecular weight excluding hydrogens is 386 g/mol. The van der Waals surface area contributed by atoms with Gasteiger partial charge in [-0.25, -0.2) is 9.78 Å². The van der Waals surface area contributed by atoms with E-state index in [-0.39, 0.29) is 12.1 Å². The molecule has 0 radical (unpaired) electrons. The number of urea groups is 1. The monoisotopic (exact) mass is 411 g/mol. The number of hydrogen-bond acceptors (Lipinski definition) is 3. The third kappa shape index (κ3) is 3.79. The van der Waals surface area contributed by atoms with Crippen LogP contribution < -0.4 is 5.32 Å². The molecule has 0 bridgehead atoms. The Labute approximate surface area is 181 Å². The Bertz CT molecular complexity index is 1240. The third-order valence-electron chi connectivity index (χ3n) is 5.96. The van der Waals surface area contributed by atoms with Crippen molar-refractivity contribution in [3.8, 4) is 11.1 Å². The van der Waals surface area contributed by atoms with Crippen LogP contribution in [0.25, 0.3) is 22.2 Å². The molecule has 1 fully saturated rings. The zero-order valence-corrected chi connectivity index (χ0v) is 17.8. The summed E-state index contributed by atoms with van der Waals surface area (Å²) in [6.07, 6.45) is 1.78. The smallest absolute Gasteiger partial charge is 0.322 e. The molecule has 1 atom stereocenters. The van der Waals surface area contributed by atoms with Crippen molar-refractivity contribution in [3.05, 3.63) is 83.7 Å². The zero-order valence-electron chi connectivity index (χ0n) is 17.8. The molecule has 0 spiro atoms. The molecule has 1 aromatic heterocycles. The zero-order chi connectivity index (χ0) is 21.4. The predicted molar refractivity (Wildman–Crippen MR) is 123 cm³/mol. The van der Waals surface area contributed by atoms with Crippen molar-refractivity contribution in [2.75, 3.05) is 11.9 Å². The molecule has 156 valence electrons. The minimum atomic E-state index is -0.153. The number of nitrogens with one attached hydrogen (secondary N) is 1. The highest BCUT2D eigenvalue weighted by molar-refractivity contribution is 5.90. The molecular formula is C26H25N3O2. The summed E-state index contributed by atoms with van der Waals surface area (Å²) in [5.41, 5.74) is 7.05. The average Bonchev–Trinajstić information content (AvgIpc) is 3.42. The minimum Gasteiger partial charge on any atom is -0.438 e. The highest BCUT2D eigenvalue weighted by Gasteiger charge is 2.33. The van der Waals surface area contributed by atoms with E-state index < -0.39 is 0 Å². The summed E-state index contributed by atoms with van der Waals surface area (Å²) in [7, 11) is 0. The Hall–Kier alpha value is -3.60. The van der Waals surface area contributed by atoms with Gasteiger partial charge >= 0.3 is 6.03 Å². The lowest BCUT2D eigenvalue weighted by atomic mass is 10.0. The van der Waals surface area contributed by atoms with Crippen molar-refractivity contribution >= 4 is 22.8 Å². The molecule has 5 nitrogen and oxygen atoms in total. The normalized spacial score (nSPS) is 16.1. The lowest BCUT2D eigenvalue weighted by molar-refractivity contribution is 0.199. The summed E-state index contributed by atoms with van der Waals surface area (Å²) >= 11 is 0. The molecule has 0 unspecified atom stereocenters. The van der Waals surface area contributed by atoms with Gasteiger partial charge in [-0.1, -0.05) is 48.0 Å². The van der Waals surface area contributed by atoms with Gasteiger partial charge in [-0.2, -0.15) is 0 Å². The number of rotatable bonds is 3. The first kappa shape index (κ1) is 19.4. The van der Waals surface area contributed by atoms with Crippen molar-refractivity contribution in [1.29, 1.82) is 0 Å². The Morgan fingerprint density at radius 3 is 2.68 bits per heavy atom. The van der Waals surface area contributed by atoms with Gasteiger partial charge in [0.05, 0.1) is 0 Å². The van der Waals surface area contributed by atoms with Crippen LogP contribution in [-0.2, 0) is 0 Å². The molecule has 5 rings (SSSR count). The molecule has 1 saturated heterocycles. The van der Waals surface area contributed by atoms with E-state index in [1.54, 1.807) is 0 Å². The molecule has 3 aromatic carbocycles. The van der Waals surface area contributed by atoms with Gasteiger partial charge in [0.1, 0.15) is 11.6 Å². The van der Waals surface area contributed by atoms with Gasteiger partial charge in [0.2, 0.25) is 5.89 Å². The summed E-state index contributed by atoms with van der Waals surface area (Å²) in [5, 5.41) is 3.00. The third-order valence-corrected chi connectivity index (χ3v) is 5.96. The van der Waals surface area contributed by atoms with Crippen molar-refractivity contribution in [3.63, 3.8) is 0 Å². The van der Waals surface area contributed by atoms with Crippen LogP contribution in [0.5, 0.6) is 0 Å². The van der Waals surface area contributed by atoms with Crippen LogP contribution in [0.4, 0.5) is 10.5 Å². The van der Waals surface area contributed by atoms with Gasteiger partial charge in [0.15, 0.2) is 5.58 Å². The van der Waals surface area contributed by atoms with Crippen molar-refractivity contribution in [2.24, 2.45) is 0 Å². The maximum absolute atomic E-state index is 12.9. The van der Waals surface area contributed by atoms with Gasteiger partial charge in [-0.15, -0.1) is 0 Å². The number of oxazole rings is 1. The standard InChI is InChI=1S/C26H25N3O2/c1-17-9-12-20(13-10-17)27-26(30)29-15-5-8-23(29)25-28-22-16-19(11-14-24(22)31-25)21-7-4-3-6-18(21)2/h3-4,6-7,9-14,16,23H,5,8,15H2,1-2H3,(H,27,30)/t23-/m0/s1. The van der Waals surface area contributed by atoms with E-state index in [2.05, 4.69) is 36.5 Å².